The van der Waals surface area contributed by atoms with E-state index in [-0.39, 0.29) is 42.7 Å². The van der Waals surface area contributed by atoms with Gasteiger partial charge in [0.05, 0.1) is 12.6 Å². The molecule has 1 amide bonds. The monoisotopic (exact) mass is 538 g/mol. The summed E-state index contributed by atoms with van der Waals surface area (Å²) in [5.41, 5.74) is 5.69. The summed E-state index contributed by atoms with van der Waals surface area (Å²) in [6.45, 7) is 5.08. The average molecular weight is 539 g/mol. The molecule has 0 N–H and O–H groups in total. The first-order valence-electron chi connectivity index (χ1n) is 14.1. The summed E-state index contributed by atoms with van der Waals surface area (Å²) in [7, 11) is 0. The molecule has 4 aromatic carbocycles. The smallest absolute Gasteiger partial charge is 0.237 e. The number of fused-ring (bicyclic) bond motifs is 1. The number of nitrogens with zero attached hydrogens (tertiary/aromatic N) is 2. The van der Waals surface area contributed by atoms with Crippen LogP contribution in [0.25, 0.3) is 0 Å². The maximum absolute atomic E-state index is 15.1. The molecule has 0 saturated carbocycles. The van der Waals surface area contributed by atoms with Gasteiger partial charge in [-0.1, -0.05) is 91.9 Å². The van der Waals surface area contributed by atoms with Gasteiger partial charge in [-0.25, -0.2) is 8.78 Å². The van der Waals surface area contributed by atoms with Crippen molar-refractivity contribution in [1.29, 1.82) is 0 Å². The molecule has 1 heterocycles. The van der Waals surface area contributed by atoms with E-state index in [4.69, 9.17) is 0 Å². The standard InChI is InChI=1S/C35H36F2N2O/c1-3-26-12-4-5-14-28(26)22-25(2)39(23-29-15-7-10-18-32(29)36)34(40)24-38-21-20-27-13-6-8-16-30(27)35(38)31-17-9-11-19-33(31)37/h4-19,25,35H,3,20-24H2,1-2H3. The van der Waals surface area contributed by atoms with Crippen molar-refractivity contribution < 1.29 is 13.6 Å². The molecule has 4 aromatic rings. The molecule has 0 aromatic heterocycles. The van der Waals surface area contributed by atoms with Crippen LogP contribution in [0.15, 0.2) is 97.1 Å². The van der Waals surface area contributed by atoms with Crippen molar-refractivity contribution >= 4 is 5.91 Å². The highest BCUT2D eigenvalue weighted by molar-refractivity contribution is 5.79. The number of rotatable bonds is 9. The van der Waals surface area contributed by atoms with Crippen molar-refractivity contribution in [1.82, 2.24) is 9.80 Å². The third kappa shape index (κ3) is 6.00. The lowest BCUT2D eigenvalue weighted by Crippen LogP contribution is -2.47. The fourth-order valence-electron chi connectivity index (χ4n) is 5.94. The highest BCUT2D eigenvalue weighted by Gasteiger charge is 2.33. The highest BCUT2D eigenvalue weighted by Crippen LogP contribution is 2.36. The van der Waals surface area contributed by atoms with E-state index >= 15 is 4.39 Å². The first kappa shape index (κ1) is 27.7. The van der Waals surface area contributed by atoms with Gasteiger partial charge < -0.3 is 4.90 Å². The summed E-state index contributed by atoms with van der Waals surface area (Å²) < 4.78 is 29.9. The van der Waals surface area contributed by atoms with Crippen LogP contribution in [0.1, 0.15) is 53.3 Å². The molecule has 2 unspecified atom stereocenters. The number of hydrogen-bond donors (Lipinski definition) is 0. The molecular formula is C35H36F2N2O. The van der Waals surface area contributed by atoms with Crippen molar-refractivity contribution in [3.63, 3.8) is 0 Å². The van der Waals surface area contributed by atoms with E-state index < -0.39 is 0 Å². The van der Waals surface area contributed by atoms with Crippen molar-refractivity contribution in [2.75, 3.05) is 13.1 Å². The van der Waals surface area contributed by atoms with Crippen LogP contribution in [0.5, 0.6) is 0 Å². The molecule has 0 bridgehead atoms. The Labute approximate surface area is 236 Å². The quantitative estimate of drug-likeness (QED) is 0.226. The van der Waals surface area contributed by atoms with E-state index in [0.29, 0.717) is 24.1 Å². The molecule has 3 nitrogen and oxygen atoms in total. The average Bonchev–Trinajstić information content (AvgIpc) is 2.97. The van der Waals surface area contributed by atoms with Crippen LogP contribution in [-0.2, 0) is 30.6 Å². The minimum absolute atomic E-state index is 0.0922. The van der Waals surface area contributed by atoms with E-state index in [1.165, 1.54) is 28.8 Å². The Bertz CT molecular complexity index is 1470. The van der Waals surface area contributed by atoms with Crippen LogP contribution in [0, 0.1) is 11.6 Å². The first-order chi connectivity index (χ1) is 19.5. The first-order valence-corrected chi connectivity index (χ1v) is 14.1. The normalized spacial score (nSPS) is 15.8. The van der Waals surface area contributed by atoms with Crippen LogP contribution in [0.2, 0.25) is 0 Å². The maximum atomic E-state index is 15.1. The summed E-state index contributed by atoms with van der Waals surface area (Å²) in [6.07, 6.45) is 2.35. The Morgan fingerprint density at radius 2 is 1.43 bits per heavy atom. The van der Waals surface area contributed by atoms with E-state index in [1.807, 2.05) is 43.3 Å². The fourth-order valence-corrected chi connectivity index (χ4v) is 5.94. The topological polar surface area (TPSA) is 23.6 Å². The number of halogens is 2. The SMILES string of the molecule is CCc1ccccc1CC(C)N(Cc1ccccc1F)C(=O)CN1CCc2ccccc2C1c1ccccc1F. The number of aryl methyl sites for hydroxylation is 1. The number of carbonyl (C=O) groups is 1. The number of benzene rings is 4. The van der Waals surface area contributed by atoms with E-state index in [2.05, 4.69) is 30.0 Å². The Morgan fingerprint density at radius 1 is 0.825 bits per heavy atom. The lowest BCUT2D eigenvalue weighted by Gasteiger charge is -2.39. The maximum Gasteiger partial charge on any atom is 0.237 e. The van der Waals surface area contributed by atoms with Gasteiger partial charge in [-0.2, -0.15) is 0 Å². The molecule has 5 heteroatoms. The molecule has 1 aliphatic rings. The van der Waals surface area contributed by atoms with Crippen LogP contribution in [0.4, 0.5) is 8.78 Å². The third-order valence-corrected chi connectivity index (χ3v) is 8.09. The van der Waals surface area contributed by atoms with Gasteiger partial charge in [0.15, 0.2) is 0 Å². The second-order valence-electron chi connectivity index (χ2n) is 10.6. The molecule has 40 heavy (non-hydrogen) atoms. The molecular weight excluding hydrogens is 502 g/mol. The van der Waals surface area contributed by atoms with Gasteiger partial charge in [-0.15, -0.1) is 0 Å². The van der Waals surface area contributed by atoms with Gasteiger partial charge >= 0.3 is 0 Å². The Kier molecular flexibility index (Phi) is 8.71. The van der Waals surface area contributed by atoms with Crippen LogP contribution >= 0.6 is 0 Å². The van der Waals surface area contributed by atoms with Gasteiger partial charge in [0.2, 0.25) is 5.91 Å². The summed E-state index contributed by atoms with van der Waals surface area (Å²) in [6, 6.07) is 29.3. The second kappa shape index (κ2) is 12.6. The van der Waals surface area contributed by atoms with Crippen molar-refractivity contribution in [2.24, 2.45) is 0 Å². The zero-order chi connectivity index (χ0) is 28.1. The lowest BCUT2D eigenvalue weighted by molar-refractivity contribution is -0.135. The van der Waals surface area contributed by atoms with Crippen molar-refractivity contribution in [2.45, 2.75) is 51.7 Å². The number of hydrogen-bond acceptors (Lipinski definition) is 2. The van der Waals surface area contributed by atoms with Crippen molar-refractivity contribution in [3.05, 3.63) is 142 Å². The largest absolute Gasteiger partial charge is 0.334 e. The zero-order valence-electron chi connectivity index (χ0n) is 23.2. The van der Waals surface area contributed by atoms with Crippen LogP contribution in [-0.4, -0.2) is 34.8 Å². The molecule has 206 valence electrons. The van der Waals surface area contributed by atoms with Crippen LogP contribution in [0.3, 0.4) is 0 Å². The zero-order valence-corrected chi connectivity index (χ0v) is 23.2. The fraction of sp³-hybridized carbons (Fsp3) is 0.286. The van der Waals surface area contributed by atoms with Gasteiger partial charge in [0.25, 0.3) is 0 Å². The predicted octanol–water partition coefficient (Wildman–Crippen LogP) is 7.13. The van der Waals surface area contributed by atoms with E-state index in [9.17, 15) is 9.18 Å². The lowest BCUT2D eigenvalue weighted by atomic mass is 9.88. The summed E-state index contributed by atoms with van der Waals surface area (Å²) in [5, 5.41) is 0. The third-order valence-electron chi connectivity index (χ3n) is 8.09. The Balaban J connectivity index is 1.46. The Hall–Kier alpha value is -3.83. The van der Waals surface area contributed by atoms with Gasteiger partial charge in [-0.3, -0.25) is 9.69 Å². The molecule has 0 radical (unpaired) electrons. The highest BCUT2D eigenvalue weighted by atomic mass is 19.1. The summed E-state index contributed by atoms with van der Waals surface area (Å²) >= 11 is 0. The molecule has 0 spiro atoms. The molecule has 0 fully saturated rings. The summed E-state index contributed by atoms with van der Waals surface area (Å²) in [5.74, 6) is -0.697. The molecule has 0 aliphatic carbocycles. The molecule has 1 aliphatic heterocycles. The molecule has 0 saturated heterocycles. The second-order valence-corrected chi connectivity index (χ2v) is 10.6. The molecule has 2 atom stereocenters. The van der Waals surface area contributed by atoms with Crippen molar-refractivity contribution in [3.8, 4) is 0 Å². The number of amides is 1. The van der Waals surface area contributed by atoms with Gasteiger partial charge in [0.1, 0.15) is 11.6 Å². The van der Waals surface area contributed by atoms with Gasteiger partial charge in [-0.05, 0) is 60.6 Å². The van der Waals surface area contributed by atoms with E-state index in [1.54, 1.807) is 35.2 Å². The van der Waals surface area contributed by atoms with Gasteiger partial charge in [0, 0.05) is 30.3 Å². The van der Waals surface area contributed by atoms with Crippen LogP contribution < -0.4 is 0 Å². The minimum atomic E-state index is -0.374. The summed E-state index contributed by atoms with van der Waals surface area (Å²) in [4.78, 5) is 18.0. The van der Waals surface area contributed by atoms with E-state index in [0.717, 1.165) is 18.4 Å². The number of carbonyl (C=O) groups excluding carboxylic acids is 1. The molecule has 5 rings (SSSR count). The minimum Gasteiger partial charge on any atom is -0.334 e. The Morgan fingerprint density at radius 3 is 2.12 bits per heavy atom. The predicted molar refractivity (Wildman–Crippen MR) is 156 cm³/mol.